The average molecular weight is 360 g/mol. The summed E-state index contributed by atoms with van der Waals surface area (Å²) in [5.74, 6) is -0.229. The topological polar surface area (TPSA) is 79.8 Å². The molecule has 0 spiro atoms. The van der Waals surface area contributed by atoms with E-state index in [1.54, 1.807) is 6.20 Å². The van der Waals surface area contributed by atoms with Crippen molar-refractivity contribution in [2.24, 2.45) is 0 Å². The summed E-state index contributed by atoms with van der Waals surface area (Å²) in [7, 11) is 0. The van der Waals surface area contributed by atoms with Crippen LogP contribution in [0.15, 0.2) is 59.5 Å². The maximum Gasteiger partial charge on any atom is 0.291 e. The van der Waals surface area contributed by atoms with Gasteiger partial charge in [-0.05, 0) is 25.0 Å². The highest BCUT2D eigenvalue weighted by molar-refractivity contribution is 6.06. The minimum Gasteiger partial charge on any atom is -0.354 e. The van der Waals surface area contributed by atoms with Gasteiger partial charge in [0.1, 0.15) is 12.1 Å². The molecule has 0 radical (unpaired) electrons. The largest absolute Gasteiger partial charge is 0.354 e. The number of aromatic nitrogens is 3. The highest BCUT2D eigenvalue weighted by Gasteiger charge is 2.12. The Morgan fingerprint density at radius 2 is 2.00 bits per heavy atom. The molecule has 4 rings (SSSR count). The van der Waals surface area contributed by atoms with Gasteiger partial charge in [-0.15, -0.1) is 0 Å². The number of nitrogens with zero attached hydrogens (tertiary/aromatic N) is 2. The predicted molar refractivity (Wildman–Crippen MR) is 106 cm³/mol. The van der Waals surface area contributed by atoms with Gasteiger partial charge in [0.15, 0.2) is 0 Å². The van der Waals surface area contributed by atoms with Crippen LogP contribution in [0.3, 0.4) is 0 Å². The lowest BCUT2D eigenvalue weighted by molar-refractivity contribution is -0.121. The molecule has 4 aromatic rings. The number of carbonyl (C=O) groups excluding carboxylic acids is 1. The molecular weight excluding hydrogens is 340 g/mol. The van der Waals surface area contributed by atoms with E-state index in [9.17, 15) is 9.59 Å². The van der Waals surface area contributed by atoms with Crippen LogP contribution in [-0.2, 0) is 17.8 Å². The highest BCUT2D eigenvalue weighted by Crippen LogP contribution is 2.21. The fourth-order valence-corrected chi connectivity index (χ4v) is 3.29. The second-order valence-electron chi connectivity index (χ2n) is 6.66. The number of carbonyl (C=O) groups is 1. The maximum absolute atomic E-state index is 12.7. The molecule has 27 heavy (non-hydrogen) atoms. The molecule has 6 nitrogen and oxygen atoms in total. The fourth-order valence-electron chi connectivity index (χ4n) is 3.29. The predicted octanol–water partition coefficient (Wildman–Crippen LogP) is 2.55. The summed E-state index contributed by atoms with van der Waals surface area (Å²) in [6.45, 7) is 2.46. The second kappa shape index (κ2) is 7.07. The maximum atomic E-state index is 12.7. The summed E-state index contributed by atoms with van der Waals surface area (Å²) in [5, 5.41) is 8.74. The van der Waals surface area contributed by atoms with Crippen LogP contribution in [0.5, 0.6) is 0 Å². The Morgan fingerprint density at radius 3 is 2.85 bits per heavy atom. The lowest BCUT2D eigenvalue weighted by atomic mass is 10.1. The number of hydrogen-bond acceptors (Lipinski definition) is 3. The van der Waals surface area contributed by atoms with Crippen LogP contribution >= 0.6 is 0 Å². The Morgan fingerprint density at radius 1 is 1.15 bits per heavy atom. The molecule has 1 amide bonds. The van der Waals surface area contributed by atoms with Crippen molar-refractivity contribution in [1.29, 1.82) is 0 Å². The number of amides is 1. The first kappa shape index (κ1) is 17.0. The van der Waals surface area contributed by atoms with E-state index < -0.39 is 0 Å². The Balaban J connectivity index is 1.46. The van der Waals surface area contributed by atoms with E-state index in [2.05, 4.69) is 21.5 Å². The number of aromatic amines is 1. The van der Waals surface area contributed by atoms with E-state index in [0.29, 0.717) is 12.1 Å². The van der Waals surface area contributed by atoms with Gasteiger partial charge < -0.3 is 10.3 Å². The first-order valence-electron chi connectivity index (χ1n) is 8.90. The SMILES string of the molecule is Cc1cccc(CCNC(=O)Cn2ncc3c([nH]c4ccccc43)c2=O)c1. The Kier molecular flexibility index (Phi) is 4.46. The third-order valence-corrected chi connectivity index (χ3v) is 4.63. The summed E-state index contributed by atoms with van der Waals surface area (Å²) < 4.78 is 1.19. The molecule has 0 saturated carbocycles. The summed E-state index contributed by atoms with van der Waals surface area (Å²) in [6.07, 6.45) is 2.38. The number of H-pyrrole nitrogens is 1. The van der Waals surface area contributed by atoms with Gasteiger partial charge in [0.2, 0.25) is 5.91 Å². The molecule has 2 N–H and O–H groups in total. The van der Waals surface area contributed by atoms with E-state index >= 15 is 0 Å². The van der Waals surface area contributed by atoms with Crippen LogP contribution in [0.1, 0.15) is 11.1 Å². The molecule has 2 aromatic carbocycles. The molecule has 2 aromatic heterocycles. The number of fused-ring (bicyclic) bond motifs is 3. The van der Waals surface area contributed by atoms with Crippen molar-refractivity contribution < 1.29 is 4.79 Å². The van der Waals surface area contributed by atoms with Crippen LogP contribution in [0.25, 0.3) is 21.8 Å². The molecule has 0 bridgehead atoms. The molecule has 0 aliphatic carbocycles. The number of para-hydroxylation sites is 1. The van der Waals surface area contributed by atoms with Crippen molar-refractivity contribution in [3.05, 3.63) is 76.2 Å². The third-order valence-electron chi connectivity index (χ3n) is 4.63. The zero-order valence-corrected chi connectivity index (χ0v) is 15.0. The standard InChI is InChI=1S/C21H20N4O2/c1-14-5-4-6-15(11-14)9-10-22-19(26)13-25-21(27)20-17(12-23-25)16-7-2-3-8-18(16)24-20/h2-8,11-12,24H,9-10,13H2,1H3,(H,22,26). The summed E-state index contributed by atoms with van der Waals surface area (Å²) in [5.41, 5.74) is 3.43. The Hall–Kier alpha value is -3.41. The van der Waals surface area contributed by atoms with Crippen LogP contribution in [-0.4, -0.2) is 27.2 Å². The highest BCUT2D eigenvalue weighted by atomic mass is 16.2. The molecule has 136 valence electrons. The summed E-state index contributed by atoms with van der Waals surface area (Å²) in [6, 6.07) is 15.9. The first-order chi connectivity index (χ1) is 13.1. The molecule has 0 fully saturated rings. The van der Waals surface area contributed by atoms with Crippen LogP contribution in [0.4, 0.5) is 0 Å². The average Bonchev–Trinajstić information content (AvgIpc) is 3.04. The number of rotatable bonds is 5. The van der Waals surface area contributed by atoms with Crippen LogP contribution in [0, 0.1) is 6.92 Å². The van der Waals surface area contributed by atoms with E-state index in [1.807, 2.05) is 49.4 Å². The Labute approximate surface area is 155 Å². The Bertz CT molecular complexity index is 1190. The van der Waals surface area contributed by atoms with Crippen molar-refractivity contribution in [3.63, 3.8) is 0 Å². The fraction of sp³-hybridized carbons (Fsp3) is 0.190. The van der Waals surface area contributed by atoms with Crippen molar-refractivity contribution in [2.45, 2.75) is 19.9 Å². The van der Waals surface area contributed by atoms with Gasteiger partial charge in [-0.2, -0.15) is 5.10 Å². The van der Waals surface area contributed by atoms with Crippen molar-refractivity contribution >= 4 is 27.7 Å². The van der Waals surface area contributed by atoms with Crippen LogP contribution < -0.4 is 10.9 Å². The normalized spacial score (nSPS) is 11.1. The van der Waals surface area contributed by atoms with E-state index in [4.69, 9.17) is 0 Å². The van der Waals surface area contributed by atoms with E-state index in [-0.39, 0.29) is 18.0 Å². The zero-order chi connectivity index (χ0) is 18.8. The summed E-state index contributed by atoms with van der Waals surface area (Å²) >= 11 is 0. The lowest BCUT2D eigenvalue weighted by Crippen LogP contribution is -2.34. The van der Waals surface area contributed by atoms with E-state index in [1.165, 1.54) is 15.8 Å². The number of hydrogen-bond donors (Lipinski definition) is 2. The van der Waals surface area contributed by atoms with Gasteiger partial charge in [-0.25, -0.2) is 4.68 Å². The van der Waals surface area contributed by atoms with Gasteiger partial charge in [-0.3, -0.25) is 9.59 Å². The zero-order valence-electron chi connectivity index (χ0n) is 15.0. The molecule has 0 saturated heterocycles. The number of aryl methyl sites for hydroxylation is 1. The second-order valence-corrected chi connectivity index (χ2v) is 6.66. The van der Waals surface area contributed by atoms with Gasteiger partial charge in [0.25, 0.3) is 5.56 Å². The monoisotopic (exact) mass is 360 g/mol. The van der Waals surface area contributed by atoms with Gasteiger partial charge >= 0.3 is 0 Å². The molecular formula is C21H20N4O2. The van der Waals surface area contributed by atoms with Gasteiger partial charge in [0.05, 0.1) is 6.20 Å². The minimum atomic E-state index is -0.294. The molecule has 0 aliphatic rings. The number of nitrogens with one attached hydrogen (secondary N) is 2. The molecule has 0 aliphatic heterocycles. The molecule has 0 atom stereocenters. The van der Waals surface area contributed by atoms with Crippen molar-refractivity contribution in [3.8, 4) is 0 Å². The number of benzene rings is 2. The van der Waals surface area contributed by atoms with E-state index in [0.717, 1.165) is 22.7 Å². The quantitative estimate of drug-likeness (QED) is 0.574. The van der Waals surface area contributed by atoms with Crippen molar-refractivity contribution in [2.75, 3.05) is 6.54 Å². The molecule has 0 unspecified atom stereocenters. The van der Waals surface area contributed by atoms with Crippen LogP contribution in [0.2, 0.25) is 0 Å². The van der Waals surface area contributed by atoms with Gasteiger partial charge in [-0.1, -0.05) is 48.0 Å². The summed E-state index contributed by atoms with van der Waals surface area (Å²) in [4.78, 5) is 28.0. The molecule has 2 heterocycles. The lowest BCUT2D eigenvalue weighted by Gasteiger charge is -2.07. The smallest absolute Gasteiger partial charge is 0.291 e. The van der Waals surface area contributed by atoms with Crippen molar-refractivity contribution in [1.82, 2.24) is 20.1 Å². The van der Waals surface area contributed by atoms with Gasteiger partial charge in [0, 0.05) is 22.8 Å². The molecule has 6 heteroatoms. The minimum absolute atomic E-state index is 0.0992. The third kappa shape index (κ3) is 3.46. The first-order valence-corrected chi connectivity index (χ1v) is 8.90.